The third-order valence-electron chi connectivity index (χ3n) is 6.91. The monoisotopic (exact) mass is 490 g/mol. The second-order valence-corrected chi connectivity index (χ2v) is 11.0. The first-order valence-corrected chi connectivity index (χ1v) is 13.5. The maximum absolute atomic E-state index is 13.2. The molecular formula is C28H30N2O4S. The molecule has 7 heteroatoms. The van der Waals surface area contributed by atoms with Crippen LogP contribution in [-0.2, 0) is 32.5 Å². The molecular weight excluding hydrogens is 460 g/mol. The van der Waals surface area contributed by atoms with Gasteiger partial charge in [0.15, 0.2) is 0 Å². The zero-order valence-electron chi connectivity index (χ0n) is 19.7. The molecule has 0 bridgehead atoms. The summed E-state index contributed by atoms with van der Waals surface area (Å²) in [5.41, 5.74) is 4.66. The third kappa shape index (κ3) is 5.17. The smallest absolute Gasteiger partial charge is 0.243 e. The summed E-state index contributed by atoms with van der Waals surface area (Å²) in [5.74, 6) is 0.278. The predicted octanol–water partition coefficient (Wildman–Crippen LogP) is 3.81. The molecule has 0 radical (unpaired) electrons. The fraction of sp³-hybridized carbons (Fsp3) is 0.321. The maximum Gasteiger partial charge on any atom is 0.243 e. The fourth-order valence-corrected chi connectivity index (χ4v) is 6.35. The summed E-state index contributed by atoms with van der Waals surface area (Å²) in [4.78, 5) is 15.4. The van der Waals surface area contributed by atoms with Crippen LogP contribution >= 0.6 is 0 Å². The highest BCUT2D eigenvalue weighted by molar-refractivity contribution is 7.89. The van der Waals surface area contributed by atoms with Gasteiger partial charge in [-0.3, -0.25) is 4.79 Å². The van der Waals surface area contributed by atoms with Crippen molar-refractivity contribution in [3.8, 4) is 0 Å². The Balaban J connectivity index is 1.25. The molecule has 0 aromatic heterocycles. The molecule has 182 valence electrons. The minimum atomic E-state index is -3.51. The van der Waals surface area contributed by atoms with Gasteiger partial charge in [-0.25, -0.2) is 8.42 Å². The van der Waals surface area contributed by atoms with Crippen molar-refractivity contribution in [2.75, 3.05) is 32.8 Å². The molecule has 3 aromatic carbocycles. The van der Waals surface area contributed by atoms with Crippen LogP contribution in [-0.4, -0.2) is 56.4 Å². The Kier molecular flexibility index (Phi) is 7.00. The molecule has 1 unspecified atom stereocenters. The number of aryl methyl sites for hydroxylation is 1. The Hall–Kier alpha value is -3.00. The molecule has 1 fully saturated rings. The van der Waals surface area contributed by atoms with Crippen molar-refractivity contribution in [2.45, 2.75) is 30.2 Å². The average molecular weight is 491 g/mol. The van der Waals surface area contributed by atoms with E-state index in [4.69, 9.17) is 4.74 Å². The van der Waals surface area contributed by atoms with Crippen molar-refractivity contribution in [3.63, 3.8) is 0 Å². The zero-order valence-corrected chi connectivity index (χ0v) is 20.5. The SMILES string of the molecule is O=C(CCc1ccc(S(=O)(=O)N2CCOCC2)cc1)N1Cc2ccccc2C(c2ccccc2)C1. The Labute approximate surface area is 207 Å². The average Bonchev–Trinajstić information content (AvgIpc) is 2.92. The van der Waals surface area contributed by atoms with Gasteiger partial charge in [-0.1, -0.05) is 66.7 Å². The number of morpholine rings is 1. The van der Waals surface area contributed by atoms with E-state index in [-0.39, 0.29) is 16.7 Å². The molecule has 2 heterocycles. The van der Waals surface area contributed by atoms with Crippen LogP contribution in [0.4, 0.5) is 0 Å². The molecule has 0 N–H and O–H groups in total. The number of benzene rings is 3. The van der Waals surface area contributed by atoms with Crippen molar-refractivity contribution in [1.29, 1.82) is 0 Å². The van der Waals surface area contributed by atoms with Gasteiger partial charge in [-0.15, -0.1) is 0 Å². The summed E-state index contributed by atoms with van der Waals surface area (Å²) in [6.45, 7) is 2.88. The first-order valence-electron chi connectivity index (χ1n) is 12.1. The Morgan fingerprint density at radius 3 is 2.31 bits per heavy atom. The van der Waals surface area contributed by atoms with Crippen molar-refractivity contribution in [1.82, 2.24) is 9.21 Å². The Bertz CT molecular complexity index is 1270. The molecule has 1 atom stereocenters. The highest BCUT2D eigenvalue weighted by Crippen LogP contribution is 2.33. The molecule has 0 spiro atoms. The van der Waals surface area contributed by atoms with E-state index in [1.54, 1.807) is 12.1 Å². The summed E-state index contributed by atoms with van der Waals surface area (Å²) in [7, 11) is -3.51. The molecule has 1 amide bonds. The third-order valence-corrected chi connectivity index (χ3v) is 8.82. The summed E-state index contributed by atoms with van der Waals surface area (Å²) < 4.78 is 32.4. The minimum absolute atomic E-state index is 0.116. The number of carbonyl (C=O) groups is 1. The first-order chi connectivity index (χ1) is 17.0. The molecule has 1 saturated heterocycles. The van der Waals surface area contributed by atoms with Gasteiger partial charge in [-0.05, 0) is 40.8 Å². The van der Waals surface area contributed by atoms with Crippen LogP contribution in [0.3, 0.4) is 0 Å². The number of fused-ring (bicyclic) bond motifs is 1. The van der Waals surface area contributed by atoms with Crippen LogP contribution < -0.4 is 0 Å². The van der Waals surface area contributed by atoms with E-state index >= 15 is 0 Å². The van der Waals surface area contributed by atoms with E-state index in [0.717, 1.165) is 5.56 Å². The van der Waals surface area contributed by atoms with Gasteiger partial charge in [0.25, 0.3) is 0 Å². The first kappa shape index (κ1) is 23.7. The van der Waals surface area contributed by atoms with Crippen molar-refractivity contribution in [3.05, 3.63) is 101 Å². The lowest BCUT2D eigenvalue weighted by Gasteiger charge is -2.35. The highest BCUT2D eigenvalue weighted by Gasteiger charge is 2.29. The number of amides is 1. The molecule has 2 aliphatic rings. The zero-order chi connectivity index (χ0) is 24.3. The Morgan fingerprint density at radius 1 is 0.886 bits per heavy atom. The van der Waals surface area contributed by atoms with Gasteiger partial charge in [0.1, 0.15) is 0 Å². The number of carbonyl (C=O) groups excluding carboxylic acids is 1. The largest absolute Gasteiger partial charge is 0.379 e. The van der Waals surface area contributed by atoms with Gasteiger partial charge in [0.2, 0.25) is 15.9 Å². The van der Waals surface area contributed by atoms with Crippen molar-refractivity contribution >= 4 is 15.9 Å². The van der Waals surface area contributed by atoms with Gasteiger partial charge in [-0.2, -0.15) is 4.31 Å². The van der Waals surface area contributed by atoms with Gasteiger partial charge < -0.3 is 9.64 Å². The number of hydrogen-bond donors (Lipinski definition) is 0. The van der Waals surface area contributed by atoms with Crippen molar-refractivity contribution < 1.29 is 17.9 Å². The van der Waals surface area contributed by atoms with E-state index in [9.17, 15) is 13.2 Å². The highest BCUT2D eigenvalue weighted by atomic mass is 32.2. The second kappa shape index (κ2) is 10.3. The summed E-state index contributed by atoms with van der Waals surface area (Å²) in [6, 6.07) is 25.7. The molecule has 3 aromatic rings. The number of nitrogens with zero attached hydrogens (tertiary/aromatic N) is 2. The van der Waals surface area contributed by atoms with Crippen LogP contribution in [0.5, 0.6) is 0 Å². The quantitative estimate of drug-likeness (QED) is 0.527. The van der Waals surface area contributed by atoms with E-state index in [1.165, 1.54) is 21.0 Å². The van der Waals surface area contributed by atoms with Crippen molar-refractivity contribution in [2.24, 2.45) is 0 Å². The summed E-state index contributed by atoms with van der Waals surface area (Å²) >= 11 is 0. The van der Waals surface area contributed by atoms with E-state index < -0.39 is 10.0 Å². The molecule has 0 aliphatic carbocycles. The molecule has 0 saturated carbocycles. The second-order valence-electron chi connectivity index (χ2n) is 9.10. The molecule has 6 nitrogen and oxygen atoms in total. The lowest BCUT2D eigenvalue weighted by molar-refractivity contribution is -0.132. The predicted molar refractivity (Wildman–Crippen MR) is 134 cm³/mol. The van der Waals surface area contributed by atoms with Crippen LogP contribution in [0.1, 0.15) is 34.6 Å². The standard InChI is InChI=1S/C28H30N2O4S/c31-28(15-12-22-10-13-25(14-11-22)35(32,33)30-16-18-34-19-17-30)29-20-24-8-4-5-9-26(24)27(21-29)23-6-2-1-3-7-23/h1-11,13-14,27H,12,15-21H2. The van der Waals surface area contributed by atoms with E-state index in [2.05, 4.69) is 30.3 Å². The minimum Gasteiger partial charge on any atom is -0.379 e. The lowest BCUT2D eigenvalue weighted by atomic mass is 9.84. The summed E-state index contributed by atoms with van der Waals surface area (Å²) in [5, 5.41) is 0. The molecule has 2 aliphatic heterocycles. The van der Waals surface area contributed by atoms with Crippen LogP contribution in [0.25, 0.3) is 0 Å². The van der Waals surface area contributed by atoms with E-state index in [1.807, 2.05) is 41.3 Å². The number of ether oxygens (including phenoxy) is 1. The summed E-state index contributed by atoms with van der Waals surface area (Å²) in [6.07, 6.45) is 0.962. The maximum atomic E-state index is 13.2. The van der Waals surface area contributed by atoms with Crippen LogP contribution in [0.2, 0.25) is 0 Å². The van der Waals surface area contributed by atoms with Crippen LogP contribution in [0, 0.1) is 0 Å². The van der Waals surface area contributed by atoms with Gasteiger partial charge in [0.05, 0.1) is 18.1 Å². The number of sulfonamides is 1. The number of hydrogen-bond acceptors (Lipinski definition) is 4. The Morgan fingerprint density at radius 2 is 1.57 bits per heavy atom. The van der Waals surface area contributed by atoms with Gasteiger partial charge in [0, 0.05) is 38.5 Å². The van der Waals surface area contributed by atoms with Crippen LogP contribution in [0.15, 0.2) is 83.8 Å². The molecule has 35 heavy (non-hydrogen) atoms. The normalized spacial score (nSPS) is 18.7. The van der Waals surface area contributed by atoms with E-state index in [0.29, 0.717) is 52.2 Å². The fourth-order valence-electron chi connectivity index (χ4n) is 4.94. The molecule has 5 rings (SSSR count). The van der Waals surface area contributed by atoms with Gasteiger partial charge >= 0.3 is 0 Å². The topological polar surface area (TPSA) is 66.9 Å². The lowest BCUT2D eigenvalue weighted by Crippen LogP contribution is -2.40. The number of rotatable bonds is 6.